The lowest BCUT2D eigenvalue weighted by atomic mass is 9.93. The van der Waals surface area contributed by atoms with Crippen molar-refractivity contribution in [2.24, 2.45) is 10.9 Å². The highest BCUT2D eigenvalue weighted by Crippen LogP contribution is 2.43. The highest BCUT2D eigenvalue weighted by Gasteiger charge is 2.33. The zero-order valence-corrected chi connectivity index (χ0v) is 12.1. The first kappa shape index (κ1) is 13.2. The number of amidine groups is 1. The van der Waals surface area contributed by atoms with E-state index in [1.165, 1.54) is 22.9 Å². The molecule has 0 saturated carbocycles. The van der Waals surface area contributed by atoms with Gasteiger partial charge in [0.15, 0.2) is 5.17 Å². The third-order valence-electron chi connectivity index (χ3n) is 3.48. The van der Waals surface area contributed by atoms with Crippen molar-refractivity contribution in [2.45, 2.75) is 19.8 Å². The zero-order chi connectivity index (χ0) is 14.3. The lowest BCUT2D eigenvalue weighted by Crippen LogP contribution is -2.28. The summed E-state index contributed by atoms with van der Waals surface area (Å²) in [7, 11) is 0. The number of allylic oxidation sites excluding steroid dienone is 1. The first-order chi connectivity index (χ1) is 9.60. The number of nitrogens with zero attached hydrogens (tertiary/aromatic N) is 2. The van der Waals surface area contributed by atoms with Crippen LogP contribution in [0.4, 0.5) is 10.5 Å². The van der Waals surface area contributed by atoms with Crippen LogP contribution in [0.25, 0.3) is 0 Å². The number of hydrogen-bond acceptors (Lipinski definition) is 4. The van der Waals surface area contributed by atoms with Crippen molar-refractivity contribution in [1.82, 2.24) is 0 Å². The molecule has 2 heterocycles. The van der Waals surface area contributed by atoms with Crippen LogP contribution in [0, 0.1) is 6.92 Å². The average molecular weight is 289 g/mol. The maximum absolute atomic E-state index is 11.3. The molecule has 2 aliphatic heterocycles. The fourth-order valence-corrected chi connectivity index (χ4v) is 3.55. The van der Waals surface area contributed by atoms with E-state index in [-0.39, 0.29) is 0 Å². The van der Waals surface area contributed by atoms with Gasteiger partial charge in [0.05, 0.1) is 5.69 Å². The molecule has 0 aliphatic carbocycles. The van der Waals surface area contributed by atoms with E-state index in [9.17, 15) is 4.79 Å². The van der Waals surface area contributed by atoms with Crippen molar-refractivity contribution in [3.63, 3.8) is 0 Å². The second-order valence-corrected chi connectivity index (χ2v) is 5.85. The van der Waals surface area contributed by atoms with Gasteiger partial charge in [0, 0.05) is 17.4 Å². The third kappa shape index (κ3) is 2.10. The van der Waals surface area contributed by atoms with Crippen molar-refractivity contribution >= 4 is 28.7 Å². The van der Waals surface area contributed by atoms with Crippen molar-refractivity contribution in [1.29, 1.82) is 0 Å². The van der Waals surface area contributed by atoms with Gasteiger partial charge in [-0.15, -0.1) is 4.99 Å². The van der Waals surface area contributed by atoms with Gasteiger partial charge in [0.1, 0.15) is 0 Å². The predicted octanol–water partition coefficient (Wildman–Crippen LogP) is 2.92. The number of thioether (sulfide) groups is 1. The van der Waals surface area contributed by atoms with Gasteiger partial charge in [0.25, 0.3) is 0 Å². The minimum Gasteiger partial charge on any atom is -0.355 e. The molecule has 1 fully saturated rings. The molecule has 1 amide bonds. The molecular formula is C14H15N3O2S. The number of nitrogens with two attached hydrogens (primary N) is 1. The Bertz CT molecular complexity index is 639. The Labute approximate surface area is 121 Å². The molecular weight excluding hydrogens is 274 g/mol. The fraction of sp³-hybridized carbons (Fsp3) is 0.286. The van der Waals surface area contributed by atoms with E-state index in [1.54, 1.807) is 0 Å². The molecule has 1 unspecified atom stereocenters. The number of benzene rings is 1. The smallest absolute Gasteiger partial charge is 0.355 e. The van der Waals surface area contributed by atoms with Gasteiger partial charge < -0.3 is 4.84 Å². The van der Waals surface area contributed by atoms with Gasteiger partial charge in [0.2, 0.25) is 0 Å². The SMILES string of the molecule is Cc1ccc2c(c1)N1C(=CC2C)CSC1=NC(=O)ON. The van der Waals surface area contributed by atoms with Crippen LogP contribution in [0.15, 0.2) is 35.0 Å². The number of rotatable bonds is 0. The van der Waals surface area contributed by atoms with Crippen molar-refractivity contribution in [2.75, 3.05) is 10.7 Å². The van der Waals surface area contributed by atoms with Crippen molar-refractivity contribution in [3.05, 3.63) is 41.1 Å². The molecule has 0 bridgehead atoms. The third-order valence-corrected chi connectivity index (χ3v) is 4.45. The molecule has 2 aliphatic rings. The molecule has 0 radical (unpaired) electrons. The molecule has 3 rings (SSSR count). The maximum Gasteiger partial charge on any atom is 0.454 e. The Morgan fingerprint density at radius 2 is 2.35 bits per heavy atom. The summed E-state index contributed by atoms with van der Waals surface area (Å²) in [6.45, 7) is 4.23. The Kier molecular flexibility index (Phi) is 3.27. The van der Waals surface area contributed by atoms with E-state index in [0.29, 0.717) is 11.1 Å². The number of hydrogen-bond donors (Lipinski definition) is 1. The molecule has 104 valence electrons. The van der Waals surface area contributed by atoms with Gasteiger partial charge in [-0.1, -0.05) is 36.9 Å². The maximum atomic E-state index is 11.3. The number of carbonyl (C=O) groups excluding carboxylic acids is 1. The van der Waals surface area contributed by atoms with E-state index < -0.39 is 6.09 Å². The second kappa shape index (κ2) is 4.96. The summed E-state index contributed by atoms with van der Waals surface area (Å²) in [6, 6.07) is 6.35. The highest BCUT2D eigenvalue weighted by atomic mass is 32.2. The normalized spacial score (nSPS) is 22.4. The monoisotopic (exact) mass is 289 g/mol. The summed E-state index contributed by atoms with van der Waals surface area (Å²) in [5, 5.41) is 0.616. The second-order valence-electron chi connectivity index (χ2n) is 4.91. The predicted molar refractivity (Wildman–Crippen MR) is 80.7 cm³/mol. The largest absolute Gasteiger partial charge is 0.454 e. The van der Waals surface area contributed by atoms with Gasteiger partial charge >= 0.3 is 6.09 Å². The van der Waals surface area contributed by atoms with Crippen LogP contribution < -0.4 is 10.8 Å². The minimum atomic E-state index is -0.776. The first-order valence-electron chi connectivity index (χ1n) is 6.33. The summed E-state index contributed by atoms with van der Waals surface area (Å²) < 4.78 is 0. The van der Waals surface area contributed by atoms with E-state index in [4.69, 9.17) is 5.90 Å². The van der Waals surface area contributed by atoms with Crippen molar-refractivity contribution in [3.8, 4) is 0 Å². The van der Waals surface area contributed by atoms with Crippen LogP contribution in [0.3, 0.4) is 0 Å². The van der Waals surface area contributed by atoms with E-state index in [2.05, 4.69) is 48.0 Å². The number of fused-ring (bicyclic) bond motifs is 3. The van der Waals surface area contributed by atoms with Gasteiger partial charge in [-0.3, -0.25) is 4.90 Å². The van der Waals surface area contributed by atoms with E-state index in [0.717, 1.165) is 17.1 Å². The summed E-state index contributed by atoms with van der Waals surface area (Å²) >= 11 is 1.51. The summed E-state index contributed by atoms with van der Waals surface area (Å²) in [5.41, 5.74) is 4.65. The molecule has 5 nitrogen and oxygen atoms in total. The van der Waals surface area contributed by atoms with Crippen LogP contribution in [0.1, 0.15) is 24.0 Å². The molecule has 1 atom stereocenters. The zero-order valence-electron chi connectivity index (χ0n) is 11.3. The van der Waals surface area contributed by atoms with Crippen LogP contribution in [-0.4, -0.2) is 17.0 Å². The molecule has 20 heavy (non-hydrogen) atoms. The van der Waals surface area contributed by atoms with Crippen LogP contribution in [0.2, 0.25) is 0 Å². The van der Waals surface area contributed by atoms with Gasteiger partial charge in [-0.2, -0.15) is 5.90 Å². The van der Waals surface area contributed by atoms with E-state index in [1.807, 2.05) is 4.90 Å². The van der Waals surface area contributed by atoms with Crippen LogP contribution in [-0.2, 0) is 4.84 Å². The number of aryl methyl sites for hydroxylation is 1. The molecule has 1 aromatic rings. The summed E-state index contributed by atoms with van der Waals surface area (Å²) in [5.74, 6) is 6.02. The lowest BCUT2D eigenvalue weighted by molar-refractivity contribution is 0.159. The number of aliphatic imine (C=N–C) groups is 1. The van der Waals surface area contributed by atoms with Crippen molar-refractivity contribution < 1.29 is 9.63 Å². The number of carbonyl (C=O) groups is 1. The topological polar surface area (TPSA) is 67.9 Å². The van der Waals surface area contributed by atoms with Gasteiger partial charge in [-0.25, -0.2) is 4.79 Å². The Balaban J connectivity index is 2.10. The molecule has 0 spiro atoms. The van der Waals surface area contributed by atoms with E-state index >= 15 is 0 Å². The summed E-state index contributed by atoms with van der Waals surface area (Å²) in [4.78, 5) is 21.4. The number of amides is 1. The Morgan fingerprint density at radius 3 is 3.10 bits per heavy atom. The molecule has 1 aromatic carbocycles. The van der Waals surface area contributed by atoms with Crippen LogP contribution >= 0.6 is 11.8 Å². The summed E-state index contributed by atoms with van der Waals surface area (Å²) in [6.07, 6.45) is 1.43. The van der Waals surface area contributed by atoms with Crippen LogP contribution in [0.5, 0.6) is 0 Å². The fourth-order valence-electron chi connectivity index (χ4n) is 2.57. The lowest BCUT2D eigenvalue weighted by Gasteiger charge is -2.30. The Hall–Kier alpha value is -1.79. The minimum absolute atomic E-state index is 0.360. The first-order valence-corrected chi connectivity index (χ1v) is 7.32. The molecule has 1 saturated heterocycles. The molecule has 0 aromatic heterocycles. The van der Waals surface area contributed by atoms with Gasteiger partial charge in [-0.05, 0) is 24.1 Å². The number of anilines is 1. The highest BCUT2D eigenvalue weighted by molar-refractivity contribution is 8.14. The average Bonchev–Trinajstić information content (AvgIpc) is 2.81. The molecule has 2 N–H and O–H groups in total. The quantitative estimate of drug-likeness (QED) is 0.744. The molecule has 6 heteroatoms. The standard InChI is InChI=1S/C14H15N3O2S/c1-8-3-4-11-9(2)6-10-7-20-13(16-14(18)19-15)17(10)12(11)5-8/h3-6,9H,7,15H2,1-2H3. The Morgan fingerprint density at radius 1 is 1.55 bits per heavy atom.